The Labute approximate surface area is 190 Å². The second-order valence-electron chi connectivity index (χ2n) is 7.91. The third-order valence-electron chi connectivity index (χ3n) is 5.77. The Morgan fingerprint density at radius 2 is 1.91 bits per heavy atom. The van der Waals surface area contributed by atoms with Crippen molar-refractivity contribution in [2.24, 2.45) is 5.92 Å². The van der Waals surface area contributed by atoms with Crippen LogP contribution in [0.5, 0.6) is 0 Å². The molecule has 4 rings (SSSR count). The van der Waals surface area contributed by atoms with Gasteiger partial charge < -0.3 is 15.0 Å². The van der Waals surface area contributed by atoms with E-state index in [1.807, 2.05) is 30.3 Å². The average Bonchev–Trinajstić information content (AvgIpc) is 2.82. The Hall–Kier alpha value is -3.20. The molecule has 2 aliphatic rings. The summed E-state index contributed by atoms with van der Waals surface area (Å²) in [4.78, 5) is 49.0. The highest BCUT2D eigenvalue weighted by atomic mass is 35.5. The predicted molar refractivity (Wildman–Crippen MR) is 115 cm³/mol. The first kappa shape index (κ1) is 22.0. The van der Waals surface area contributed by atoms with Crippen LogP contribution >= 0.6 is 11.6 Å². The number of ether oxygens (including phenoxy) is 1. The van der Waals surface area contributed by atoms with Crippen LogP contribution in [0.1, 0.15) is 24.1 Å². The minimum absolute atomic E-state index is 0.0479. The van der Waals surface area contributed by atoms with Crippen molar-refractivity contribution in [2.75, 3.05) is 19.6 Å². The number of nitrogens with one attached hydrogen (secondary N) is 1. The standard InChI is InChI=1S/C22H24ClN5O4/c23-20-18(24-8-9-25-20)10-26-21(30)16-6-7-17-12-27(13-19(29)28(17)11-16)22(31)32-14-15-4-2-1-3-5-15/h1-5,8-9,16-17H,6-7,10-14H2,(H,26,30). The van der Waals surface area contributed by atoms with Crippen LogP contribution in [0.3, 0.4) is 0 Å². The summed E-state index contributed by atoms with van der Waals surface area (Å²) in [5, 5.41) is 3.08. The molecule has 1 aromatic carbocycles. The van der Waals surface area contributed by atoms with E-state index in [-0.39, 0.29) is 48.6 Å². The number of amides is 3. The van der Waals surface area contributed by atoms with Gasteiger partial charge in [0.05, 0.1) is 18.2 Å². The number of halogens is 1. The van der Waals surface area contributed by atoms with Crippen molar-refractivity contribution in [3.8, 4) is 0 Å². The van der Waals surface area contributed by atoms with E-state index in [0.29, 0.717) is 31.6 Å². The van der Waals surface area contributed by atoms with Crippen LogP contribution in [0.4, 0.5) is 4.79 Å². The quantitative estimate of drug-likeness (QED) is 0.736. The number of rotatable bonds is 5. The second-order valence-corrected chi connectivity index (χ2v) is 8.26. The Morgan fingerprint density at radius 1 is 1.12 bits per heavy atom. The Bertz CT molecular complexity index is 989. The molecule has 0 radical (unpaired) electrons. The molecule has 9 nitrogen and oxygen atoms in total. The number of hydrogen-bond donors (Lipinski definition) is 1. The lowest BCUT2D eigenvalue weighted by molar-refractivity contribution is -0.144. The van der Waals surface area contributed by atoms with Crippen LogP contribution in [0.15, 0.2) is 42.7 Å². The van der Waals surface area contributed by atoms with Gasteiger partial charge in [-0.3, -0.25) is 19.5 Å². The molecule has 2 unspecified atom stereocenters. The first-order valence-corrected chi connectivity index (χ1v) is 10.9. The minimum atomic E-state index is -0.498. The van der Waals surface area contributed by atoms with Crippen LogP contribution in [-0.2, 0) is 27.5 Å². The molecule has 1 N–H and O–H groups in total. The SMILES string of the molecule is O=C(NCc1nccnc1Cl)C1CCC2CN(C(=O)OCc3ccccc3)CC(=O)N2C1. The van der Waals surface area contributed by atoms with Gasteiger partial charge in [-0.2, -0.15) is 0 Å². The Balaban J connectivity index is 1.28. The molecule has 0 saturated carbocycles. The van der Waals surface area contributed by atoms with E-state index in [1.165, 1.54) is 17.3 Å². The van der Waals surface area contributed by atoms with Crippen molar-refractivity contribution in [2.45, 2.75) is 32.0 Å². The van der Waals surface area contributed by atoms with Gasteiger partial charge in [-0.25, -0.2) is 9.78 Å². The first-order chi connectivity index (χ1) is 15.5. The lowest BCUT2D eigenvalue weighted by atomic mass is 9.90. The largest absolute Gasteiger partial charge is 0.445 e. The number of hydrogen-bond acceptors (Lipinski definition) is 6. The molecule has 2 atom stereocenters. The van der Waals surface area contributed by atoms with Crippen molar-refractivity contribution >= 4 is 29.5 Å². The Morgan fingerprint density at radius 3 is 2.69 bits per heavy atom. The van der Waals surface area contributed by atoms with Crippen molar-refractivity contribution in [1.29, 1.82) is 0 Å². The summed E-state index contributed by atoms with van der Waals surface area (Å²) in [7, 11) is 0. The van der Waals surface area contributed by atoms with E-state index < -0.39 is 6.09 Å². The van der Waals surface area contributed by atoms with Gasteiger partial charge in [0, 0.05) is 31.5 Å². The summed E-state index contributed by atoms with van der Waals surface area (Å²) >= 11 is 5.98. The van der Waals surface area contributed by atoms with Gasteiger partial charge in [0.25, 0.3) is 0 Å². The molecule has 168 valence electrons. The van der Waals surface area contributed by atoms with Gasteiger partial charge in [0.2, 0.25) is 11.8 Å². The maximum atomic E-state index is 12.7. The highest BCUT2D eigenvalue weighted by Crippen LogP contribution is 2.26. The van der Waals surface area contributed by atoms with Gasteiger partial charge in [-0.15, -0.1) is 0 Å². The van der Waals surface area contributed by atoms with Crippen LogP contribution in [0.2, 0.25) is 5.15 Å². The molecular formula is C22H24ClN5O4. The second kappa shape index (κ2) is 9.95. The van der Waals surface area contributed by atoms with E-state index >= 15 is 0 Å². The number of carbonyl (C=O) groups excluding carboxylic acids is 3. The molecule has 1 aromatic heterocycles. The average molecular weight is 458 g/mol. The third kappa shape index (κ3) is 5.16. The monoisotopic (exact) mass is 457 g/mol. The molecule has 32 heavy (non-hydrogen) atoms. The molecule has 3 amide bonds. The van der Waals surface area contributed by atoms with Crippen molar-refractivity contribution in [1.82, 2.24) is 25.1 Å². The highest BCUT2D eigenvalue weighted by Gasteiger charge is 2.40. The summed E-state index contributed by atoms with van der Waals surface area (Å²) < 4.78 is 5.37. The molecule has 0 aliphatic carbocycles. The highest BCUT2D eigenvalue weighted by molar-refractivity contribution is 6.29. The van der Waals surface area contributed by atoms with Crippen LogP contribution in [-0.4, -0.2) is 63.4 Å². The number of benzene rings is 1. The molecule has 2 aromatic rings. The number of piperidine rings is 1. The minimum Gasteiger partial charge on any atom is -0.445 e. The maximum absolute atomic E-state index is 12.7. The number of aromatic nitrogens is 2. The molecule has 2 fully saturated rings. The lowest BCUT2D eigenvalue weighted by Gasteiger charge is -2.45. The molecule has 0 bridgehead atoms. The summed E-state index contributed by atoms with van der Waals surface area (Å²) in [5.74, 6) is -0.641. The fraction of sp³-hybridized carbons (Fsp3) is 0.409. The van der Waals surface area contributed by atoms with E-state index in [0.717, 1.165) is 5.56 Å². The van der Waals surface area contributed by atoms with E-state index in [2.05, 4.69) is 15.3 Å². The zero-order valence-electron chi connectivity index (χ0n) is 17.4. The number of fused-ring (bicyclic) bond motifs is 1. The summed E-state index contributed by atoms with van der Waals surface area (Å²) in [5.41, 5.74) is 1.38. The van der Waals surface area contributed by atoms with Crippen LogP contribution in [0, 0.1) is 5.92 Å². The summed E-state index contributed by atoms with van der Waals surface area (Å²) in [6.07, 6.45) is 3.77. The molecule has 2 aliphatic heterocycles. The molecule has 2 saturated heterocycles. The van der Waals surface area contributed by atoms with E-state index in [1.54, 1.807) is 4.90 Å². The van der Waals surface area contributed by atoms with Crippen molar-refractivity contribution in [3.63, 3.8) is 0 Å². The molecule has 3 heterocycles. The normalized spacial score (nSPS) is 20.5. The Kier molecular flexibility index (Phi) is 6.84. The molecular weight excluding hydrogens is 434 g/mol. The van der Waals surface area contributed by atoms with Crippen LogP contribution < -0.4 is 5.32 Å². The van der Waals surface area contributed by atoms with Crippen molar-refractivity contribution < 1.29 is 19.1 Å². The van der Waals surface area contributed by atoms with E-state index in [9.17, 15) is 14.4 Å². The topological polar surface area (TPSA) is 105 Å². The first-order valence-electron chi connectivity index (χ1n) is 10.5. The number of nitrogens with zero attached hydrogens (tertiary/aromatic N) is 4. The van der Waals surface area contributed by atoms with Gasteiger partial charge in [-0.05, 0) is 18.4 Å². The van der Waals surface area contributed by atoms with Gasteiger partial charge in [0.15, 0.2) is 5.15 Å². The predicted octanol–water partition coefficient (Wildman–Crippen LogP) is 2.01. The lowest BCUT2D eigenvalue weighted by Crippen LogP contribution is -2.61. The van der Waals surface area contributed by atoms with E-state index in [4.69, 9.17) is 16.3 Å². The molecule has 0 spiro atoms. The van der Waals surface area contributed by atoms with Gasteiger partial charge in [-0.1, -0.05) is 41.9 Å². The van der Waals surface area contributed by atoms with Gasteiger partial charge in [0.1, 0.15) is 13.2 Å². The maximum Gasteiger partial charge on any atom is 0.410 e. The van der Waals surface area contributed by atoms with Crippen LogP contribution in [0.25, 0.3) is 0 Å². The fourth-order valence-corrected chi connectivity index (χ4v) is 4.21. The number of carbonyl (C=O) groups is 3. The van der Waals surface area contributed by atoms with Crippen molar-refractivity contribution in [3.05, 3.63) is 59.1 Å². The zero-order chi connectivity index (χ0) is 22.5. The fourth-order valence-electron chi connectivity index (χ4n) is 4.04. The summed E-state index contributed by atoms with van der Waals surface area (Å²) in [6.45, 7) is 1.03. The van der Waals surface area contributed by atoms with Gasteiger partial charge >= 0.3 is 6.09 Å². The zero-order valence-corrected chi connectivity index (χ0v) is 18.2. The molecule has 10 heteroatoms. The number of piperazine rings is 1. The summed E-state index contributed by atoms with van der Waals surface area (Å²) in [6, 6.07) is 9.29. The smallest absolute Gasteiger partial charge is 0.410 e. The third-order valence-corrected chi connectivity index (χ3v) is 6.09.